The number of carboxylic acid groups (broad SMARTS) is 1. The molecule has 20 heavy (non-hydrogen) atoms. The summed E-state index contributed by atoms with van der Waals surface area (Å²) in [4.78, 5) is 37.2. The Morgan fingerprint density at radius 3 is 2.20 bits per heavy atom. The summed E-state index contributed by atoms with van der Waals surface area (Å²) in [5.41, 5.74) is 0. The van der Waals surface area contributed by atoms with E-state index >= 15 is 0 Å². The third-order valence-electron chi connectivity index (χ3n) is 2.79. The van der Waals surface area contributed by atoms with Gasteiger partial charge < -0.3 is 19.6 Å². The molecule has 7 heteroatoms. The van der Waals surface area contributed by atoms with Crippen LogP contribution in [0.3, 0.4) is 0 Å². The second kappa shape index (κ2) is 9.30. The summed E-state index contributed by atoms with van der Waals surface area (Å²) in [6.45, 7) is 2.33. The van der Waals surface area contributed by atoms with Crippen LogP contribution in [0, 0.1) is 5.92 Å². The second-order valence-corrected chi connectivity index (χ2v) is 5.00. The van der Waals surface area contributed by atoms with Gasteiger partial charge in [-0.1, -0.05) is 6.92 Å². The molecule has 1 N–H and O–H groups in total. The Bertz CT molecular complexity index is 344. The van der Waals surface area contributed by atoms with Gasteiger partial charge in [0.25, 0.3) is 0 Å². The van der Waals surface area contributed by atoms with Crippen LogP contribution in [0.1, 0.15) is 19.8 Å². The number of carbonyl (C=O) groups is 3. The van der Waals surface area contributed by atoms with E-state index in [9.17, 15) is 14.4 Å². The molecular formula is C13H24N2O5. The highest BCUT2D eigenvalue weighted by atomic mass is 16.5. The van der Waals surface area contributed by atoms with Crippen molar-refractivity contribution in [3.63, 3.8) is 0 Å². The van der Waals surface area contributed by atoms with Crippen LogP contribution in [0.25, 0.3) is 0 Å². The molecule has 0 aromatic rings. The van der Waals surface area contributed by atoms with Crippen LogP contribution in [-0.2, 0) is 19.1 Å². The summed E-state index contributed by atoms with van der Waals surface area (Å²) in [5.74, 6) is -1.61. The molecule has 116 valence electrons. The van der Waals surface area contributed by atoms with E-state index < -0.39 is 5.97 Å². The number of nitrogens with zero attached hydrogens (tertiary/aromatic N) is 2. The third-order valence-corrected chi connectivity index (χ3v) is 2.79. The lowest BCUT2D eigenvalue weighted by molar-refractivity contribution is -0.141. The van der Waals surface area contributed by atoms with Gasteiger partial charge in [0.1, 0.15) is 0 Å². The minimum atomic E-state index is -0.932. The van der Waals surface area contributed by atoms with E-state index in [-0.39, 0.29) is 37.1 Å². The number of methoxy groups -OCH3 is 1. The molecule has 0 fully saturated rings. The zero-order chi connectivity index (χ0) is 15.7. The van der Waals surface area contributed by atoms with Gasteiger partial charge in [0, 0.05) is 40.6 Å². The first kappa shape index (κ1) is 18.4. The first-order valence-corrected chi connectivity index (χ1v) is 6.46. The molecule has 0 heterocycles. The fourth-order valence-corrected chi connectivity index (χ4v) is 1.60. The molecule has 0 bridgehead atoms. The summed E-state index contributed by atoms with van der Waals surface area (Å²) < 4.78 is 4.92. The lowest BCUT2D eigenvalue weighted by Crippen LogP contribution is -2.42. The Labute approximate surface area is 119 Å². The van der Waals surface area contributed by atoms with Crippen LogP contribution < -0.4 is 0 Å². The number of carboxylic acids is 1. The molecule has 1 atom stereocenters. The van der Waals surface area contributed by atoms with E-state index in [4.69, 9.17) is 9.84 Å². The van der Waals surface area contributed by atoms with Crippen LogP contribution in [0.2, 0.25) is 0 Å². The highest BCUT2D eigenvalue weighted by Gasteiger charge is 2.21. The molecule has 0 aromatic heterocycles. The van der Waals surface area contributed by atoms with Gasteiger partial charge in [0.2, 0.25) is 11.8 Å². The SMILES string of the molecule is COCCN(CC(=O)N(C)C)C(=O)CC(C)CC(=O)O. The molecule has 0 saturated carbocycles. The van der Waals surface area contributed by atoms with Gasteiger partial charge in [0.15, 0.2) is 0 Å². The number of hydrogen-bond donors (Lipinski definition) is 1. The van der Waals surface area contributed by atoms with Crippen molar-refractivity contribution in [2.24, 2.45) is 5.92 Å². The Balaban J connectivity index is 4.55. The number of carbonyl (C=O) groups excluding carboxylic acids is 2. The number of ether oxygens (including phenoxy) is 1. The smallest absolute Gasteiger partial charge is 0.303 e. The van der Waals surface area contributed by atoms with Gasteiger partial charge in [-0.15, -0.1) is 0 Å². The first-order valence-electron chi connectivity index (χ1n) is 6.46. The van der Waals surface area contributed by atoms with Crippen molar-refractivity contribution < 1.29 is 24.2 Å². The lowest BCUT2D eigenvalue weighted by atomic mass is 10.0. The number of rotatable bonds is 9. The molecule has 1 unspecified atom stereocenters. The van der Waals surface area contributed by atoms with Gasteiger partial charge in [-0.3, -0.25) is 14.4 Å². The fraction of sp³-hybridized carbons (Fsp3) is 0.769. The van der Waals surface area contributed by atoms with E-state index in [0.29, 0.717) is 13.2 Å². The minimum absolute atomic E-state index is 0.0189. The van der Waals surface area contributed by atoms with Gasteiger partial charge in [-0.25, -0.2) is 0 Å². The second-order valence-electron chi connectivity index (χ2n) is 5.00. The maximum Gasteiger partial charge on any atom is 0.303 e. The Hall–Kier alpha value is -1.63. The zero-order valence-electron chi connectivity index (χ0n) is 12.6. The predicted molar refractivity (Wildman–Crippen MR) is 73.2 cm³/mol. The molecule has 0 aliphatic carbocycles. The average Bonchev–Trinajstić information content (AvgIpc) is 2.32. The van der Waals surface area contributed by atoms with Gasteiger partial charge in [0.05, 0.1) is 13.2 Å². The summed E-state index contributed by atoms with van der Waals surface area (Å²) >= 11 is 0. The summed E-state index contributed by atoms with van der Waals surface area (Å²) in [7, 11) is 4.76. The zero-order valence-corrected chi connectivity index (χ0v) is 12.6. The van der Waals surface area contributed by atoms with E-state index in [2.05, 4.69) is 0 Å². The number of aliphatic carboxylic acids is 1. The van der Waals surface area contributed by atoms with Crippen LogP contribution in [0.5, 0.6) is 0 Å². The Morgan fingerprint density at radius 1 is 1.15 bits per heavy atom. The summed E-state index contributed by atoms with van der Waals surface area (Å²) in [5, 5.41) is 8.69. The van der Waals surface area contributed by atoms with Crippen molar-refractivity contribution in [2.75, 3.05) is 40.9 Å². The van der Waals surface area contributed by atoms with Gasteiger partial charge >= 0.3 is 5.97 Å². The van der Waals surface area contributed by atoms with Crippen molar-refractivity contribution in [1.82, 2.24) is 9.80 Å². The number of amides is 2. The van der Waals surface area contributed by atoms with E-state index in [0.717, 1.165) is 0 Å². The monoisotopic (exact) mass is 288 g/mol. The standard InChI is InChI=1S/C13H24N2O5/c1-10(8-13(18)19)7-11(16)15(5-6-20-4)9-12(17)14(2)3/h10H,5-9H2,1-4H3,(H,18,19). The van der Waals surface area contributed by atoms with Crippen LogP contribution >= 0.6 is 0 Å². The molecule has 0 rings (SSSR count). The number of hydrogen-bond acceptors (Lipinski definition) is 4. The topological polar surface area (TPSA) is 87.2 Å². The van der Waals surface area contributed by atoms with Crippen LogP contribution in [0.4, 0.5) is 0 Å². The lowest BCUT2D eigenvalue weighted by Gasteiger charge is -2.24. The fourth-order valence-electron chi connectivity index (χ4n) is 1.60. The van der Waals surface area contributed by atoms with Gasteiger partial charge in [-0.2, -0.15) is 0 Å². The molecule has 0 radical (unpaired) electrons. The van der Waals surface area contributed by atoms with E-state index in [1.165, 1.54) is 16.9 Å². The molecular weight excluding hydrogens is 264 g/mol. The predicted octanol–water partition coefficient (Wildman–Crippen LogP) is 0.0505. The Morgan fingerprint density at radius 2 is 1.75 bits per heavy atom. The minimum Gasteiger partial charge on any atom is -0.481 e. The van der Waals surface area contributed by atoms with Gasteiger partial charge in [-0.05, 0) is 5.92 Å². The molecule has 0 spiro atoms. The molecule has 0 aliphatic rings. The van der Waals surface area contributed by atoms with Crippen LogP contribution in [-0.4, -0.2) is 73.6 Å². The summed E-state index contributed by atoms with van der Waals surface area (Å²) in [6.07, 6.45) is 0.0439. The third kappa shape index (κ3) is 7.73. The maximum absolute atomic E-state index is 12.1. The van der Waals surface area contributed by atoms with Crippen LogP contribution in [0.15, 0.2) is 0 Å². The maximum atomic E-state index is 12.1. The van der Waals surface area contributed by atoms with E-state index in [1.54, 1.807) is 21.0 Å². The highest BCUT2D eigenvalue weighted by Crippen LogP contribution is 2.10. The molecule has 0 aromatic carbocycles. The normalized spacial score (nSPS) is 11.8. The van der Waals surface area contributed by atoms with Crippen molar-refractivity contribution >= 4 is 17.8 Å². The molecule has 2 amide bonds. The largest absolute Gasteiger partial charge is 0.481 e. The number of likely N-dealkylation sites (N-methyl/N-ethyl adjacent to an activating group) is 1. The molecule has 7 nitrogen and oxygen atoms in total. The van der Waals surface area contributed by atoms with Crippen molar-refractivity contribution in [2.45, 2.75) is 19.8 Å². The van der Waals surface area contributed by atoms with Crippen molar-refractivity contribution in [3.05, 3.63) is 0 Å². The molecule has 0 saturated heterocycles. The highest BCUT2D eigenvalue weighted by molar-refractivity contribution is 5.84. The Kier molecular flexibility index (Phi) is 8.54. The molecule has 0 aliphatic heterocycles. The first-order chi connectivity index (χ1) is 9.27. The van der Waals surface area contributed by atoms with E-state index in [1.807, 2.05) is 0 Å². The van der Waals surface area contributed by atoms with Crippen molar-refractivity contribution in [1.29, 1.82) is 0 Å². The quantitative estimate of drug-likeness (QED) is 0.648. The average molecular weight is 288 g/mol. The van der Waals surface area contributed by atoms with Crippen molar-refractivity contribution in [3.8, 4) is 0 Å². The summed E-state index contributed by atoms with van der Waals surface area (Å²) in [6, 6.07) is 0.